The number of H-pyrrole nitrogens is 1. The summed E-state index contributed by atoms with van der Waals surface area (Å²) in [7, 11) is 1.76. The van der Waals surface area contributed by atoms with Gasteiger partial charge in [-0.1, -0.05) is 5.16 Å². The Morgan fingerprint density at radius 3 is 2.65 bits per heavy atom. The molecule has 12 heteroatoms. The number of aryl methyl sites for hydroxylation is 3. The van der Waals surface area contributed by atoms with Gasteiger partial charge >= 0.3 is 12.3 Å². The lowest BCUT2D eigenvalue weighted by Crippen LogP contribution is -2.17. The van der Waals surface area contributed by atoms with Crippen molar-refractivity contribution >= 4 is 16.9 Å². The number of benzene rings is 2. The summed E-state index contributed by atoms with van der Waals surface area (Å²) in [6.07, 6.45) is -3.30. The van der Waals surface area contributed by atoms with Crippen molar-refractivity contribution in [3.8, 4) is 39.7 Å². The molecule has 206 valence electrons. The van der Waals surface area contributed by atoms with Crippen molar-refractivity contribution in [2.75, 3.05) is 0 Å². The zero-order valence-corrected chi connectivity index (χ0v) is 21.8. The van der Waals surface area contributed by atoms with Crippen LogP contribution in [0.4, 0.5) is 13.2 Å². The van der Waals surface area contributed by atoms with Gasteiger partial charge in [0.15, 0.2) is 0 Å². The molecular formula is C28H24F3N5O4. The molecule has 1 atom stereocenters. The number of hydrogen-bond donors (Lipinski definition) is 2. The molecule has 9 nitrogen and oxygen atoms in total. The fraction of sp³-hybridized carbons (Fsp3) is 0.286. The number of aliphatic carboxylic acids is 1. The molecule has 2 aromatic carbocycles. The van der Waals surface area contributed by atoms with Gasteiger partial charge in [-0.3, -0.25) is 9.48 Å². The Morgan fingerprint density at radius 1 is 1.18 bits per heavy atom. The number of aromatic amines is 1. The maximum absolute atomic E-state index is 13.2. The summed E-state index contributed by atoms with van der Waals surface area (Å²) in [5.41, 5.74) is 6.41. The van der Waals surface area contributed by atoms with E-state index in [9.17, 15) is 23.1 Å². The molecule has 0 amide bonds. The van der Waals surface area contributed by atoms with Crippen LogP contribution < -0.4 is 4.74 Å². The van der Waals surface area contributed by atoms with E-state index in [1.807, 2.05) is 25.1 Å². The first-order chi connectivity index (χ1) is 19.0. The van der Waals surface area contributed by atoms with Crippen molar-refractivity contribution in [3.63, 3.8) is 0 Å². The van der Waals surface area contributed by atoms with Gasteiger partial charge in [-0.05, 0) is 74.2 Å². The van der Waals surface area contributed by atoms with Crippen LogP contribution in [0.3, 0.4) is 0 Å². The van der Waals surface area contributed by atoms with E-state index in [-0.39, 0.29) is 29.6 Å². The number of fused-ring (bicyclic) bond motifs is 3. The van der Waals surface area contributed by atoms with E-state index in [0.717, 1.165) is 40.7 Å². The van der Waals surface area contributed by atoms with E-state index in [2.05, 4.69) is 25.0 Å². The Labute approximate surface area is 225 Å². The third kappa shape index (κ3) is 4.59. The number of hydrogen-bond acceptors (Lipinski definition) is 6. The highest BCUT2D eigenvalue weighted by Crippen LogP contribution is 2.41. The van der Waals surface area contributed by atoms with Gasteiger partial charge in [-0.15, -0.1) is 13.2 Å². The highest BCUT2D eigenvalue weighted by molar-refractivity contribution is 5.89. The molecule has 5 aromatic rings. The number of aromatic nitrogens is 5. The van der Waals surface area contributed by atoms with Crippen LogP contribution in [-0.2, 0) is 18.3 Å². The van der Waals surface area contributed by atoms with E-state index in [1.54, 1.807) is 24.7 Å². The van der Waals surface area contributed by atoms with Gasteiger partial charge in [0, 0.05) is 51.9 Å². The van der Waals surface area contributed by atoms with Crippen LogP contribution in [0.1, 0.15) is 41.4 Å². The average molecular weight is 552 g/mol. The Bertz CT molecular complexity index is 1780. The van der Waals surface area contributed by atoms with Gasteiger partial charge in [0.1, 0.15) is 5.75 Å². The highest BCUT2D eigenvalue weighted by atomic mass is 19.4. The lowest BCUT2D eigenvalue weighted by atomic mass is 10.0. The lowest BCUT2D eigenvalue weighted by Gasteiger charge is -2.12. The third-order valence-electron chi connectivity index (χ3n) is 7.38. The molecule has 0 saturated heterocycles. The number of rotatable bonds is 6. The van der Waals surface area contributed by atoms with Gasteiger partial charge in [0.05, 0.1) is 12.1 Å². The molecule has 0 fully saturated rings. The van der Waals surface area contributed by atoms with Gasteiger partial charge < -0.3 is 19.4 Å². The van der Waals surface area contributed by atoms with Gasteiger partial charge in [0.2, 0.25) is 5.82 Å². The van der Waals surface area contributed by atoms with Crippen molar-refractivity contribution in [2.45, 2.75) is 45.4 Å². The number of carbonyl (C=O) groups is 1. The van der Waals surface area contributed by atoms with E-state index in [4.69, 9.17) is 4.52 Å². The number of carboxylic acid groups (broad SMARTS) is 1. The second-order valence-corrected chi connectivity index (χ2v) is 10.00. The summed E-state index contributed by atoms with van der Waals surface area (Å²) in [5, 5.41) is 18.7. The summed E-state index contributed by atoms with van der Waals surface area (Å²) in [6.45, 7) is 3.61. The molecule has 40 heavy (non-hydrogen) atoms. The molecule has 1 aliphatic rings. The van der Waals surface area contributed by atoms with E-state index >= 15 is 0 Å². The predicted octanol–water partition coefficient (Wildman–Crippen LogP) is 6.31. The predicted molar refractivity (Wildman–Crippen MR) is 139 cm³/mol. The summed E-state index contributed by atoms with van der Waals surface area (Å²) >= 11 is 0. The fourth-order valence-corrected chi connectivity index (χ4v) is 5.61. The lowest BCUT2D eigenvalue weighted by molar-refractivity contribution is -0.274. The summed E-state index contributed by atoms with van der Waals surface area (Å²) < 4.78 is 50.9. The molecule has 3 heterocycles. The number of alkyl halides is 3. The number of halogens is 3. The maximum atomic E-state index is 13.2. The van der Waals surface area contributed by atoms with Crippen molar-refractivity contribution in [3.05, 3.63) is 59.0 Å². The Kier molecular flexibility index (Phi) is 5.93. The minimum atomic E-state index is -4.88. The fourth-order valence-electron chi connectivity index (χ4n) is 5.61. The number of ether oxygens (including phenoxy) is 1. The Balaban J connectivity index is 1.39. The monoisotopic (exact) mass is 551 g/mol. The highest BCUT2D eigenvalue weighted by Gasteiger charge is 2.32. The standard InChI is InChI=1S/C28H24F3N5O4/c1-13-24(14(2)36(3)34-13)17-8-18(10-19(9-17)39-28(29,30)31)27-33-26(35-40-27)16-5-7-22-21(11-16)20-6-4-15(12-23(37)38)25(20)32-22/h5,7-11,15,32H,4,6,12H2,1-3H3,(H,37,38). The van der Waals surface area contributed by atoms with Crippen molar-refractivity contribution in [2.24, 2.45) is 7.05 Å². The molecule has 1 aliphatic carbocycles. The molecular weight excluding hydrogens is 527 g/mol. The van der Waals surface area contributed by atoms with Crippen LogP contribution in [0.15, 0.2) is 40.9 Å². The molecule has 2 N–H and O–H groups in total. The summed E-state index contributed by atoms with van der Waals surface area (Å²) in [4.78, 5) is 19.1. The molecule has 1 unspecified atom stereocenters. The smallest absolute Gasteiger partial charge is 0.481 e. The third-order valence-corrected chi connectivity index (χ3v) is 7.38. The molecule has 0 aliphatic heterocycles. The van der Waals surface area contributed by atoms with E-state index in [1.165, 1.54) is 12.1 Å². The number of nitrogens with one attached hydrogen (secondary N) is 1. The van der Waals surface area contributed by atoms with Gasteiger partial charge in [-0.25, -0.2) is 0 Å². The zero-order valence-electron chi connectivity index (χ0n) is 21.8. The molecule has 0 bridgehead atoms. The normalized spacial score (nSPS) is 15.1. The van der Waals surface area contributed by atoms with Gasteiger partial charge in [-0.2, -0.15) is 10.1 Å². The number of nitrogens with zero attached hydrogens (tertiary/aromatic N) is 4. The molecule has 3 aromatic heterocycles. The van der Waals surface area contributed by atoms with Crippen LogP contribution in [0.2, 0.25) is 0 Å². The summed E-state index contributed by atoms with van der Waals surface area (Å²) in [6, 6.07) is 9.79. The first kappa shape index (κ1) is 25.7. The molecule has 0 radical (unpaired) electrons. The molecule has 6 rings (SSSR count). The second kappa shape index (κ2) is 9.25. The Morgan fingerprint density at radius 2 is 1.95 bits per heavy atom. The largest absolute Gasteiger partial charge is 0.573 e. The minimum Gasteiger partial charge on any atom is -0.481 e. The Hall–Kier alpha value is -4.61. The average Bonchev–Trinajstić information content (AvgIpc) is 3.62. The minimum absolute atomic E-state index is 0.0315. The summed E-state index contributed by atoms with van der Waals surface area (Å²) in [5.74, 6) is -1.01. The van der Waals surface area contributed by atoms with Crippen molar-refractivity contribution in [1.29, 1.82) is 0 Å². The quantitative estimate of drug-likeness (QED) is 0.254. The second-order valence-electron chi connectivity index (χ2n) is 10.00. The van der Waals surface area contributed by atoms with Gasteiger partial charge in [0.25, 0.3) is 5.89 Å². The van der Waals surface area contributed by atoms with Crippen LogP contribution in [0, 0.1) is 13.8 Å². The maximum Gasteiger partial charge on any atom is 0.573 e. The number of carboxylic acids is 1. The zero-order chi connectivity index (χ0) is 28.3. The van der Waals surface area contributed by atoms with Crippen LogP contribution in [0.25, 0.3) is 44.9 Å². The van der Waals surface area contributed by atoms with E-state index in [0.29, 0.717) is 22.4 Å². The van der Waals surface area contributed by atoms with Crippen LogP contribution >= 0.6 is 0 Å². The van der Waals surface area contributed by atoms with Crippen LogP contribution in [-0.4, -0.2) is 42.3 Å². The molecule has 0 saturated carbocycles. The van der Waals surface area contributed by atoms with Crippen LogP contribution in [0.5, 0.6) is 5.75 Å². The van der Waals surface area contributed by atoms with Crippen molar-refractivity contribution in [1.82, 2.24) is 24.9 Å². The SMILES string of the molecule is Cc1nn(C)c(C)c1-c1cc(OC(F)(F)F)cc(-c2nc(-c3ccc4[nH]c5c(c4c3)CCC5CC(=O)O)no2)c1. The first-order valence-electron chi connectivity index (χ1n) is 12.6. The molecule has 0 spiro atoms. The van der Waals surface area contributed by atoms with Crippen molar-refractivity contribution < 1.29 is 32.3 Å². The van der Waals surface area contributed by atoms with E-state index < -0.39 is 18.1 Å². The topological polar surface area (TPSA) is 119 Å². The first-order valence-corrected chi connectivity index (χ1v) is 12.6.